The number of aromatic nitrogens is 4. The Labute approximate surface area is 138 Å². The number of rotatable bonds is 5. The highest BCUT2D eigenvalue weighted by Gasteiger charge is 2.37. The van der Waals surface area contributed by atoms with Crippen molar-refractivity contribution in [3.8, 4) is 5.82 Å². The van der Waals surface area contributed by atoms with Gasteiger partial charge in [0.15, 0.2) is 5.82 Å². The molecule has 8 heteroatoms. The fourth-order valence-electron chi connectivity index (χ4n) is 2.90. The second kappa shape index (κ2) is 6.03. The number of hydrogen-bond acceptors (Lipinski definition) is 5. The van der Waals surface area contributed by atoms with Crippen molar-refractivity contribution in [2.75, 3.05) is 18.4 Å². The number of nitrogens with one attached hydrogen (secondary N) is 1. The third kappa shape index (κ3) is 3.12. The van der Waals surface area contributed by atoms with Crippen molar-refractivity contribution in [1.29, 1.82) is 0 Å². The van der Waals surface area contributed by atoms with Crippen LogP contribution in [0.4, 0.5) is 5.69 Å². The number of nitrogens with zero attached hydrogens (tertiary/aromatic N) is 5. The Hall–Kier alpha value is -2.77. The van der Waals surface area contributed by atoms with Crippen LogP contribution in [-0.2, 0) is 9.59 Å². The monoisotopic (exact) mass is 326 g/mol. The van der Waals surface area contributed by atoms with Crippen molar-refractivity contribution < 1.29 is 9.59 Å². The van der Waals surface area contributed by atoms with Crippen molar-refractivity contribution in [3.05, 3.63) is 31.0 Å². The van der Waals surface area contributed by atoms with Crippen LogP contribution in [-0.4, -0.2) is 49.6 Å². The van der Waals surface area contributed by atoms with Crippen LogP contribution in [0.15, 0.2) is 31.0 Å². The lowest BCUT2D eigenvalue weighted by Crippen LogP contribution is -2.29. The highest BCUT2D eigenvalue weighted by molar-refractivity contribution is 5.97. The number of likely N-dealkylation sites (tertiary alicyclic amines) is 1. The summed E-state index contributed by atoms with van der Waals surface area (Å²) < 4.78 is 1.54. The predicted octanol–water partition coefficient (Wildman–Crippen LogP) is 0.859. The molecule has 1 saturated heterocycles. The first kappa shape index (κ1) is 14.8. The van der Waals surface area contributed by atoms with Gasteiger partial charge in [-0.2, -0.15) is 5.10 Å². The van der Waals surface area contributed by atoms with Crippen molar-refractivity contribution in [2.24, 2.45) is 11.8 Å². The standard InChI is InChI=1S/C16H18N6O2/c23-15-5-12(8-21(15)7-11-1-2-11)16(24)20-13-3-4-14(18-6-13)22-10-17-9-19-22/h3-4,6,9-12H,1-2,5,7-8H2,(H,20,24). The van der Waals surface area contributed by atoms with Crippen LogP contribution >= 0.6 is 0 Å². The maximum Gasteiger partial charge on any atom is 0.229 e. The Morgan fingerprint density at radius 3 is 2.88 bits per heavy atom. The molecule has 2 aliphatic rings. The molecule has 3 heterocycles. The van der Waals surface area contributed by atoms with Crippen molar-refractivity contribution >= 4 is 17.5 Å². The molecular formula is C16H18N6O2. The van der Waals surface area contributed by atoms with Crippen LogP contribution in [0.5, 0.6) is 0 Å². The first-order chi connectivity index (χ1) is 11.7. The van der Waals surface area contributed by atoms with Gasteiger partial charge in [-0.15, -0.1) is 0 Å². The van der Waals surface area contributed by atoms with Crippen LogP contribution in [0.25, 0.3) is 5.82 Å². The fraction of sp³-hybridized carbons (Fsp3) is 0.438. The summed E-state index contributed by atoms with van der Waals surface area (Å²) >= 11 is 0. The number of amides is 2. The zero-order valence-electron chi connectivity index (χ0n) is 13.1. The van der Waals surface area contributed by atoms with E-state index < -0.39 is 0 Å². The molecule has 1 atom stereocenters. The van der Waals surface area contributed by atoms with Gasteiger partial charge in [-0.1, -0.05) is 0 Å². The van der Waals surface area contributed by atoms with E-state index in [2.05, 4.69) is 20.4 Å². The Balaban J connectivity index is 1.36. The molecular weight excluding hydrogens is 308 g/mol. The normalized spacial score (nSPS) is 20.4. The summed E-state index contributed by atoms with van der Waals surface area (Å²) in [7, 11) is 0. The first-order valence-corrected chi connectivity index (χ1v) is 8.09. The molecule has 1 N–H and O–H groups in total. The van der Waals surface area contributed by atoms with E-state index in [0.29, 0.717) is 30.4 Å². The van der Waals surface area contributed by atoms with Crippen molar-refractivity contribution in [2.45, 2.75) is 19.3 Å². The summed E-state index contributed by atoms with van der Waals surface area (Å²) in [6.07, 6.45) is 7.26. The molecule has 24 heavy (non-hydrogen) atoms. The summed E-state index contributed by atoms with van der Waals surface area (Å²) in [5, 5.41) is 6.84. The zero-order chi connectivity index (χ0) is 16.5. The molecule has 1 saturated carbocycles. The maximum atomic E-state index is 12.4. The van der Waals surface area contributed by atoms with Gasteiger partial charge in [0.2, 0.25) is 11.8 Å². The van der Waals surface area contributed by atoms with Gasteiger partial charge < -0.3 is 10.2 Å². The van der Waals surface area contributed by atoms with Gasteiger partial charge in [-0.3, -0.25) is 9.59 Å². The highest BCUT2D eigenvalue weighted by Crippen LogP contribution is 2.32. The Bertz CT molecular complexity index is 738. The van der Waals surface area contributed by atoms with Crippen LogP contribution in [0.3, 0.4) is 0 Å². The molecule has 1 aliphatic heterocycles. The van der Waals surface area contributed by atoms with Gasteiger partial charge in [0.05, 0.1) is 17.8 Å². The number of hydrogen-bond donors (Lipinski definition) is 1. The summed E-state index contributed by atoms with van der Waals surface area (Å²) in [4.78, 5) is 34.3. The summed E-state index contributed by atoms with van der Waals surface area (Å²) in [6, 6.07) is 3.52. The molecule has 4 rings (SSSR count). The molecule has 124 valence electrons. The largest absolute Gasteiger partial charge is 0.342 e. The molecule has 2 aromatic heterocycles. The predicted molar refractivity (Wildman–Crippen MR) is 85.2 cm³/mol. The Morgan fingerprint density at radius 1 is 1.33 bits per heavy atom. The van der Waals surface area contributed by atoms with Gasteiger partial charge in [0.1, 0.15) is 12.7 Å². The average Bonchev–Trinajstić information content (AvgIpc) is 3.08. The molecule has 1 unspecified atom stereocenters. The number of pyridine rings is 1. The van der Waals surface area contributed by atoms with Crippen LogP contribution in [0.1, 0.15) is 19.3 Å². The minimum Gasteiger partial charge on any atom is -0.342 e. The molecule has 8 nitrogen and oxygen atoms in total. The van der Waals surface area contributed by atoms with Crippen molar-refractivity contribution in [3.63, 3.8) is 0 Å². The van der Waals surface area contributed by atoms with Crippen LogP contribution < -0.4 is 5.32 Å². The van der Waals surface area contributed by atoms with Gasteiger partial charge >= 0.3 is 0 Å². The lowest BCUT2D eigenvalue weighted by Gasteiger charge is -2.16. The number of carbonyl (C=O) groups is 2. The van der Waals surface area contributed by atoms with Gasteiger partial charge in [-0.05, 0) is 30.9 Å². The quantitative estimate of drug-likeness (QED) is 0.879. The number of carbonyl (C=O) groups excluding carboxylic acids is 2. The number of anilines is 1. The lowest BCUT2D eigenvalue weighted by molar-refractivity contribution is -0.128. The molecule has 0 aromatic carbocycles. The van der Waals surface area contributed by atoms with E-state index in [4.69, 9.17) is 0 Å². The molecule has 2 fully saturated rings. The van der Waals surface area contributed by atoms with E-state index in [9.17, 15) is 9.59 Å². The first-order valence-electron chi connectivity index (χ1n) is 8.09. The highest BCUT2D eigenvalue weighted by atomic mass is 16.2. The second-order valence-electron chi connectivity index (χ2n) is 6.38. The Kier molecular flexibility index (Phi) is 3.72. The van der Waals surface area contributed by atoms with Crippen LogP contribution in [0.2, 0.25) is 0 Å². The SMILES string of the molecule is O=C(Nc1ccc(-n2cncn2)nc1)C1CC(=O)N(CC2CC2)C1. The lowest BCUT2D eigenvalue weighted by atomic mass is 10.1. The third-order valence-corrected chi connectivity index (χ3v) is 4.43. The minimum atomic E-state index is -0.286. The average molecular weight is 326 g/mol. The Morgan fingerprint density at radius 2 is 2.21 bits per heavy atom. The van der Waals surface area contributed by atoms with Gasteiger partial charge in [-0.25, -0.2) is 14.6 Å². The molecule has 0 bridgehead atoms. The van der Waals surface area contributed by atoms with E-state index >= 15 is 0 Å². The van der Waals surface area contributed by atoms with E-state index in [1.54, 1.807) is 24.7 Å². The molecule has 0 radical (unpaired) electrons. The summed E-state index contributed by atoms with van der Waals surface area (Å²) in [5.41, 5.74) is 0.608. The smallest absolute Gasteiger partial charge is 0.229 e. The second-order valence-corrected chi connectivity index (χ2v) is 6.38. The topological polar surface area (TPSA) is 93.0 Å². The van der Waals surface area contributed by atoms with Crippen molar-refractivity contribution in [1.82, 2.24) is 24.6 Å². The molecule has 2 amide bonds. The molecule has 2 aromatic rings. The third-order valence-electron chi connectivity index (χ3n) is 4.43. The van der Waals surface area contributed by atoms with E-state index in [0.717, 1.165) is 6.54 Å². The maximum absolute atomic E-state index is 12.4. The van der Waals surface area contributed by atoms with E-state index in [1.807, 2.05) is 4.90 Å². The van der Waals surface area contributed by atoms with Gasteiger partial charge in [0.25, 0.3) is 0 Å². The summed E-state index contributed by atoms with van der Waals surface area (Å²) in [6.45, 7) is 1.32. The zero-order valence-corrected chi connectivity index (χ0v) is 13.1. The summed E-state index contributed by atoms with van der Waals surface area (Å²) in [5.74, 6) is 0.936. The van der Waals surface area contributed by atoms with E-state index in [1.165, 1.54) is 23.9 Å². The minimum absolute atomic E-state index is 0.0849. The van der Waals surface area contributed by atoms with Crippen LogP contribution in [0, 0.1) is 11.8 Å². The molecule has 1 aliphatic carbocycles. The fourth-order valence-corrected chi connectivity index (χ4v) is 2.90. The van der Waals surface area contributed by atoms with E-state index in [-0.39, 0.29) is 17.7 Å². The molecule has 0 spiro atoms. The van der Waals surface area contributed by atoms with Gasteiger partial charge in [0, 0.05) is 19.5 Å².